The summed E-state index contributed by atoms with van der Waals surface area (Å²) in [5, 5.41) is 6.83. The monoisotopic (exact) mass is 243 g/mol. The van der Waals surface area contributed by atoms with Crippen molar-refractivity contribution in [3.8, 4) is 0 Å². The summed E-state index contributed by atoms with van der Waals surface area (Å²) in [4.78, 5) is 4.45. The van der Waals surface area contributed by atoms with Crippen molar-refractivity contribution in [2.24, 2.45) is 10.9 Å². The molecule has 0 saturated carbocycles. The number of hydrogen-bond donors (Lipinski definition) is 2. The Bertz CT molecular complexity index is 241. The van der Waals surface area contributed by atoms with Gasteiger partial charge in [-0.05, 0) is 5.92 Å². The van der Waals surface area contributed by atoms with Crippen molar-refractivity contribution in [2.45, 2.75) is 32.2 Å². The maximum Gasteiger partial charge on any atom is 0.160 e. The number of hydrogen-bond acceptors (Lipinski definition) is 5. The minimum absolute atomic E-state index is 0.00222. The van der Waals surface area contributed by atoms with E-state index in [0.717, 1.165) is 24.8 Å². The van der Waals surface area contributed by atoms with Crippen LogP contribution in [0, 0.1) is 5.92 Å². The van der Waals surface area contributed by atoms with Gasteiger partial charge in [0.25, 0.3) is 0 Å². The van der Waals surface area contributed by atoms with Gasteiger partial charge in [-0.25, -0.2) is 0 Å². The Balaban J connectivity index is 1.69. The Morgan fingerprint density at radius 1 is 1.50 bits per heavy atom. The molecule has 2 N–H and O–H groups in total. The molecule has 2 rings (SSSR count). The fourth-order valence-electron chi connectivity index (χ4n) is 1.81. The molecule has 0 aromatic carbocycles. The molecule has 0 aromatic heterocycles. The molecule has 0 aliphatic carbocycles. The molecule has 0 bridgehead atoms. The highest BCUT2D eigenvalue weighted by Gasteiger charge is 2.21. The molecule has 2 aliphatic rings. The predicted molar refractivity (Wildman–Crippen MR) is 69.1 cm³/mol. The van der Waals surface area contributed by atoms with Gasteiger partial charge in [-0.2, -0.15) is 0 Å². The Kier molecular flexibility index (Phi) is 4.64. The molecule has 4 nitrogen and oxygen atoms in total. The minimum atomic E-state index is 0.00222. The molecule has 92 valence electrons. The van der Waals surface area contributed by atoms with Crippen molar-refractivity contribution in [2.75, 3.05) is 24.8 Å². The van der Waals surface area contributed by atoms with Gasteiger partial charge in [0.1, 0.15) is 0 Å². The number of ether oxygens (including phenoxy) is 1. The van der Waals surface area contributed by atoms with Crippen molar-refractivity contribution in [1.82, 2.24) is 10.6 Å². The van der Waals surface area contributed by atoms with Gasteiger partial charge in [0.05, 0.1) is 6.61 Å². The van der Waals surface area contributed by atoms with Crippen molar-refractivity contribution in [3.63, 3.8) is 0 Å². The van der Waals surface area contributed by atoms with Crippen LogP contribution in [0.15, 0.2) is 4.99 Å². The summed E-state index contributed by atoms with van der Waals surface area (Å²) in [5.74, 6) is 2.80. The van der Waals surface area contributed by atoms with Gasteiger partial charge >= 0.3 is 0 Å². The molecular formula is C11H21N3OS. The number of aliphatic imine (C=N–C) groups is 1. The average Bonchev–Trinajstić information content (AvgIpc) is 2.80. The SMILES string of the molecule is CC(C)C1C=NC(OCC2CSCN2)CN1. The number of thioether (sulfide) groups is 1. The summed E-state index contributed by atoms with van der Waals surface area (Å²) in [6.07, 6.45) is 2.00. The lowest BCUT2D eigenvalue weighted by Crippen LogP contribution is -2.45. The zero-order valence-electron chi connectivity index (χ0n) is 9.98. The molecule has 3 unspecified atom stereocenters. The van der Waals surface area contributed by atoms with E-state index >= 15 is 0 Å². The van der Waals surface area contributed by atoms with Gasteiger partial charge in [-0.1, -0.05) is 13.8 Å². The maximum atomic E-state index is 5.76. The third-order valence-corrected chi connectivity index (χ3v) is 3.95. The fourth-order valence-corrected chi connectivity index (χ4v) is 2.78. The Labute approximate surface area is 102 Å². The normalized spacial score (nSPS) is 34.8. The van der Waals surface area contributed by atoms with Crippen LogP contribution in [-0.4, -0.2) is 49.3 Å². The smallest absolute Gasteiger partial charge is 0.160 e. The van der Waals surface area contributed by atoms with E-state index in [4.69, 9.17) is 4.74 Å². The van der Waals surface area contributed by atoms with E-state index in [9.17, 15) is 0 Å². The van der Waals surface area contributed by atoms with Gasteiger partial charge in [-0.15, -0.1) is 11.8 Å². The molecule has 0 spiro atoms. The highest BCUT2D eigenvalue weighted by Crippen LogP contribution is 2.11. The lowest BCUT2D eigenvalue weighted by atomic mass is 10.1. The molecule has 2 aliphatic heterocycles. The molecule has 2 heterocycles. The summed E-state index contributed by atoms with van der Waals surface area (Å²) in [7, 11) is 0. The van der Waals surface area contributed by atoms with Gasteiger partial charge < -0.3 is 15.4 Å². The molecule has 0 radical (unpaired) electrons. The van der Waals surface area contributed by atoms with Crippen LogP contribution in [0.1, 0.15) is 13.8 Å². The summed E-state index contributed by atoms with van der Waals surface area (Å²) in [6, 6.07) is 0.906. The molecule has 0 aromatic rings. The van der Waals surface area contributed by atoms with Gasteiger partial charge in [0.15, 0.2) is 6.23 Å². The van der Waals surface area contributed by atoms with Crippen LogP contribution in [0.2, 0.25) is 0 Å². The second kappa shape index (κ2) is 6.00. The van der Waals surface area contributed by atoms with Gasteiger partial charge in [-0.3, -0.25) is 4.99 Å². The van der Waals surface area contributed by atoms with E-state index in [0.29, 0.717) is 18.0 Å². The van der Waals surface area contributed by atoms with E-state index < -0.39 is 0 Å². The summed E-state index contributed by atoms with van der Waals surface area (Å²) >= 11 is 1.93. The molecule has 16 heavy (non-hydrogen) atoms. The molecule has 1 saturated heterocycles. The predicted octanol–water partition coefficient (Wildman–Crippen LogP) is 0.690. The first-order chi connectivity index (χ1) is 7.75. The molecule has 1 fully saturated rings. The zero-order chi connectivity index (χ0) is 11.4. The van der Waals surface area contributed by atoms with Crippen LogP contribution in [0.25, 0.3) is 0 Å². The standard InChI is InChI=1S/C11H21N3OS/c1-8(2)10-3-13-11(4-12-10)15-5-9-6-16-7-14-9/h3,8-12,14H,4-7H2,1-2H3. The molecule has 3 atom stereocenters. The average molecular weight is 243 g/mol. The van der Waals surface area contributed by atoms with Crippen molar-refractivity contribution < 1.29 is 4.74 Å². The van der Waals surface area contributed by atoms with E-state index in [-0.39, 0.29) is 6.23 Å². The van der Waals surface area contributed by atoms with E-state index in [1.807, 2.05) is 18.0 Å². The third kappa shape index (κ3) is 3.45. The summed E-state index contributed by atoms with van der Waals surface area (Å²) in [6.45, 7) is 6.00. The van der Waals surface area contributed by atoms with E-state index in [1.165, 1.54) is 0 Å². The molecular weight excluding hydrogens is 222 g/mol. The van der Waals surface area contributed by atoms with Crippen LogP contribution >= 0.6 is 11.8 Å². The van der Waals surface area contributed by atoms with Crippen LogP contribution in [0.5, 0.6) is 0 Å². The largest absolute Gasteiger partial charge is 0.354 e. The number of nitrogens with one attached hydrogen (secondary N) is 2. The molecule has 0 amide bonds. The first kappa shape index (κ1) is 12.4. The third-order valence-electron chi connectivity index (χ3n) is 2.94. The second-order valence-electron chi connectivity index (χ2n) is 4.68. The topological polar surface area (TPSA) is 45.6 Å². The summed E-state index contributed by atoms with van der Waals surface area (Å²) < 4.78 is 5.76. The number of rotatable bonds is 4. The maximum absolute atomic E-state index is 5.76. The quantitative estimate of drug-likeness (QED) is 0.762. The first-order valence-electron chi connectivity index (χ1n) is 5.95. The van der Waals surface area contributed by atoms with Gasteiger partial charge in [0, 0.05) is 36.5 Å². The van der Waals surface area contributed by atoms with Gasteiger partial charge in [0.2, 0.25) is 0 Å². The fraction of sp³-hybridized carbons (Fsp3) is 0.909. The second-order valence-corrected chi connectivity index (χ2v) is 5.71. The zero-order valence-corrected chi connectivity index (χ0v) is 10.8. The van der Waals surface area contributed by atoms with Crippen molar-refractivity contribution in [3.05, 3.63) is 0 Å². The van der Waals surface area contributed by atoms with Crippen molar-refractivity contribution >= 4 is 18.0 Å². The Morgan fingerprint density at radius 3 is 2.94 bits per heavy atom. The lowest BCUT2D eigenvalue weighted by Gasteiger charge is -2.26. The highest BCUT2D eigenvalue weighted by atomic mass is 32.2. The van der Waals surface area contributed by atoms with Crippen LogP contribution < -0.4 is 10.6 Å². The highest BCUT2D eigenvalue weighted by molar-refractivity contribution is 7.99. The Morgan fingerprint density at radius 2 is 2.38 bits per heavy atom. The summed E-state index contributed by atoms with van der Waals surface area (Å²) in [5.41, 5.74) is 0. The first-order valence-corrected chi connectivity index (χ1v) is 7.10. The van der Waals surface area contributed by atoms with Crippen LogP contribution in [0.4, 0.5) is 0 Å². The number of nitrogens with zero attached hydrogens (tertiary/aromatic N) is 1. The van der Waals surface area contributed by atoms with Crippen molar-refractivity contribution in [1.29, 1.82) is 0 Å². The molecule has 5 heteroatoms. The van der Waals surface area contributed by atoms with E-state index in [1.54, 1.807) is 0 Å². The lowest BCUT2D eigenvalue weighted by molar-refractivity contribution is 0.0447. The van der Waals surface area contributed by atoms with E-state index in [2.05, 4.69) is 29.5 Å². The Hall–Kier alpha value is -0.100. The minimum Gasteiger partial charge on any atom is -0.354 e. The van der Waals surface area contributed by atoms with Crippen LogP contribution in [-0.2, 0) is 4.74 Å². The van der Waals surface area contributed by atoms with Crippen LogP contribution in [0.3, 0.4) is 0 Å².